The van der Waals surface area contributed by atoms with Gasteiger partial charge in [-0.2, -0.15) is 0 Å². The van der Waals surface area contributed by atoms with Gasteiger partial charge in [-0.3, -0.25) is 4.57 Å². The van der Waals surface area contributed by atoms with Crippen LogP contribution in [-0.2, 0) is 20.8 Å². The molecule has 9 nitrogen and oxygen atoms in total. The van der Waals surface area contributed by atoms with Crippen LogP contribution in [0.15, 0.2) is 71.9 Å². The number of hydrogen-bond acceptors (Lipinski definition) is 6. The number of ether oxygens (including phenoxy) is 3. The van der Waals surface area contributed by atoms with Crippen molar-refractivity contribution in [1.29, 1.82) is 0 Å². The van der Waals surface area contributed by atoms with E-state index in [0.717, 1.165) is 33.4 Å². The van der Waals surface area contributed by atoms with Gasteiger partial charge in [0.25, 0.3) is 0 Å². The number of imidazole rings is 1. The van der Waals surface area contributed by atoms with Crippen LogP contribution < -0.4 is 5.69 Å². The highest BCUT2D eigenvalue weighted by atomic mass is 16.7. The molecule has 0 radical (unpaired) electrons. The van der Waals surface area contributed by atoms with Crippen molar-refractivity contribution in [2.75, 3.05) is 26.4 Å². The number of hydrogen-bond donors (Lipinski definition) is 1. The maximum absolute atomic E-state index is 13.9. The Morgan fingerprint density at radius 1 is 1.00 bits per heavy atom. The van der Waals surface area contributed by atoms with Crippen molar-refractivity contribution in [3.05, 3.63) is 77.6 Å². The molecule has 1 unspecified atom stereocenters. The van der Waals surface area contributed by atoms with Gasteiger partial charge in [0.2, 0.25) is 0 Å². The predicted molar refractivity (Wildman–Crippen MR) is 134 cm³/mol. The number of pyridine rings is 2. The first kappa shape index (κ1) is 21.5. The van der Waals surface area contributed by atoms with E-state index in [4.69, 9.17) is 19.2 Å². The molecule has 0 saturated carbocycles. The second-order valence-electron chi connectivity index (χ2n) is 9.30. The summed E-state index contributed by atoms with van der Waals surface area (Å²) in [5.74, 6) is -0.838. The van der Waals surface area contributed by atoms with Crippen LogP contribution >= 0.6 is 0 Å². The van der Waals surface area contributed by atoms with Gasteiger partial charge in [0.15, 0.2) is 11.4 Å². The lowest BCUT2D eigenvalue weighted by Crippen LogP contribution is -2.49. The molecule has 0 amide bonds. The minimum atomic E-state index is -0.715. The molecule has 9 heteroatoms. The number of aromatic amines is 1. The maximum atomic E-state index is 13.9. The molecule has 6 heterocycles. The molecule has 7 rings (SSSR count). The van der Waals surface area contributed by atoms with Gasteiger partial charge < -0.3 is 19.2 Å². The van der Waals surface area contributed by atoms with E-state index >= 15 is 0 Å². The Morgan fingerprint density at radius 2 is 1.81 bits per heavy atom. The summed E-state index contributed by atoms with van der Waals surface area (Å²) < 4.78 is 21.4. The van der Waals surface area contributed by atoms with Crippen molar-refractivity contribution in [3.8, 4) is 16.8 Å². The van der Waals surface area contributed by atoms with Crippen molar-refractivity contribution in [2.45, 2.75) is 18.8 Å². The molecule has 4 aromatic heterocycles. The normalized spacial score (nSPS) is 19.5. The number of nitrogens with one attached hydrogen (secondary N) is 1. The molecule has 1 aromatic carbocycles. The third-order valence-corrected chi connectivity index (χ3v) is 7.23. The highest BCUT2D eigenvalue weighted by Crippen LogP contribution is 2.37. The Morgan fingerprint density at radius 3 is 2.67 bits per heavy atom. The molecule has 2 fully saturated rings. The number of fused-ring (bicyclic) bond motifs is 2. The summed E-state index contributed by atoms with van der Waals surface area (Å²) >= 11 is 0. The highest BCUT2D eigenvalue weighted by Gasteiger charge is 2.47. The van der Waals surface area contributed by atoms with Crippen molar-refractivity contribution < 1.29 is 14.2 Å². The van der Waals surface area contributed by atoms with Crippen LogP contribution in [0.25, 0.3) is 39.0 Å². The monoisotopic (exact) mass is 483 g/mol. The van der Waals surface area contributed by atoms with E-state index in [1.807, 2.05) is 54.9 Å². The summed E-state index contributed by atoms with van der Waals surface area (Å²) in [6.45, 7) is 2.55. The predicted octanol–water partition coefficient (Wildman–Crippen LogP) is 3.51. The summed E-state index contributed by atoms with van der Waals surface area (Å²) in [5, 5.41) is 1.02. The molecule has 2 aliphatic heterocycles. The number of H-pyrrole nitrogens is 1. The van der Waals surface area contributed by atoms with Crippen LogP contribution in [-0.4, -0.2) is 56.3 Å². The Bertz CT molecular complexity index is 1610. The fourth-order valence-corrected chi connectivity index (χ4v) is 5.41. The van der Waals surface area contributed by atoms with Crippen molar-refractivity contribution >= 4 is 22.2 Å². The lowest BCUT2D eigenvalue weighted by molar-refractivity contribution is -0.242. The van der Waals surface area contributed by atoms with E-state index < -0.39 is 5.79 Å². The SMILES string of the molecule is O=c1n(CC2COCCC23OCCO3)c2cc(-c3cnc4[nH]ccc4c3)cnc2n1-c1ccccc1. The molecular weight excluding hydrogens is 458 g/mol. The van der Waals surface area contributed by atoms with E-state index in [-0.39, 0.29) is 11.6 Å². The second kappa shape index (κ2) is 8.41. The molecular formula is C27H25N5O4. The minimum Gasteiger partial charge on any atom is -0.381 e. The summed E-state index contributed by atoms with van der Waals surface area (Å²) in [4.78, 5) is 26.3. The second-order valence-corrected chi connectivity index (χ2v) is 9.30. The summed E-state index contributed by atoms with van der Waals surface area (Å²) in [5.41, 5.74) is 4.62. The Balaban J connectivity index is 1.39. The lowest BCUT2D eigenvalue weighted by atomic mass is 9.94. The standard InChI is InChI=1S/C27H25N5O4/c33-26-31(16-21-17-34-9-7-27(21)35-10-11-36-27)23-13-20(19-12-18-6-8-28-24(18)29-14-19)15-30-25(23)32(26)22-4-2-1-3-5-22/h1-6,8,12-15,21H,7,9-11,16-17H2,(H,28,29). The zero-order valence-corrected chi connectivity index (χ0v) is 19.6. The first-order valence-electron chi connectivity index (χ1n) is 12.2. The fourth-order valence-electron chi connectivity index (χ4n) is 5.41. The number of para-hydroxylation sites is 1. The largest absolute Gasteiger partial charge is 0.381 e. The third-order valence-electron chi connectivity index (χ3n) is 7.23. The third kappa shape index (κ3) is 3.39. The summed E-state index contributed by atoms with van der Waals surface area (Å²) in [6.07, 6.45) is 6.14. The van der Waals surface area contributed by atoms with Crippen LogP contribution in [0.3, 0.4) is 0 Å². The van der Waals surface area contributed by atoms with Gasteiger partial charge in [-0.15, -0.1) is 0 Å². The quantitative estimate of drug-likeness (QED) is 0.420. The zero-order valence-electron chi connectivity index (χ0n) is 19.6. The number of nitrogens with zero attached hydrogens (tertiary/aromatic N) is 4. The first-order valence-corrected chi connectivity index (χ1v) is 12.2. The number of aromatic nitrogens is 5. The van der Waals surface area contributed by atoms with Crippen LogP contribution in [0.5, 0.6) is 0 Å². The van der Waals surface area contributed by atoms with Gasteiger partial charge in [0.1, 0.15) is 5.65 Å². The summed E-state index contributed by atoms with van der Waals surface area (Å²) in [7, 11) is 0. The van der Waals surface area contributed by atoms with Gasteiger partial charge in [0.05, 0.1) is 43.5 Å². The highest BCUT2D eigenvalue weighted by molar-refractivity contribution is 5.84. The average Bonchev–Trinajstić information content (AvgIpc) is 3.64. The van der Waals surface area contributed by atoms with Crippen LogP contribution in [0, 0.1) is 5.92 Å². The number of benzene rings is 1. The molecule has 5 aromatic rings. The van der Waals surface area contributed by atoms with Gasteiger partial charge in [-0.1, -0.05) is 18.2 Å². The van der Waals surface area contributed by atoms with Crippen LogP contribution in [0.1, 0.15) is 6.42 Å². The van der Waals surface area contributed by atoms with Crippen LogP contribution in [0.4, 0.5) is 0 Å². The molecule has 2 aliphatic rings. The van der Waals surface area contributed by atoms with E-state index in [1.54, 1.807) is 15.3 Å². The average molecular weight is 484 g/mol. The van der Waals surface area contributed by atoms with Gasteiger partial charge in [0, 0.05) is 48.1 Å². The Kier molecular flexibility index (Phi) is 5.02. The molecule has 1 N–H and O–H groups in total. The van der Waals surface area contributed by atoms with Gasteiger partial charge >= 0.3 is 5.69 Å². The first-order chi connectivity index (χ1) is 17.7. The van der Waals surface area contributed by atoms with Crippen molar-refractivity contribution in [2.24, 2.45) is 5.92 Å². The van der Waals surface area contributed by atoms with Crippen molar-refractivity contribution in [1.82, 2.24) is 24.1 Å². The molecule has 0 bridgehead atoms. The molecule has 1 atom stereocenters. The summed E-state index contributed by atoms with van der Waals surface area (Å²) in [6, 6.07) is 15.7. The Hall–Kier alpha value is -3.79. The van der Waals surface area contributed by atoms with Gasteiger partial charge in [-0.05, 0) is 30.3 Å². The maximum Gasteiger partial charge on any atom is 0.334 e. The van der Waals surface area contributed by atoms with E-state index in [1.165, 1.54) is 0 Å². The lowest BCUT2D eigenvalue weighted by Gasteiger charge is -2.39. The topological polar surface area (TPSA) is 96.2 Å². The Labute approximate surface area is 206 Å². The van der Waals surface area contributed by atoms with Crippen LogP contribution in [0.2, 0.25) is 0 Å². The molecule has 36 heavy (non-hydrogen) atoms. The molecule has 2 saturated heterocycles. The number of rotatable bonds is 4. The van der Waals surface area contributed by atoms with E-state index in [0.29, 0.717) is 45.0 Å². The van der Waals surface area contributed by atoms with Gasteiger partial charge in [-0.25, -0.2) is 19.3 Å². The van der Waals surface area contributed by atoms with E-state index in [9.17, 15) is 4.79 Å². The minimum absolute atomic E-state index is 0.122. The molecule has 1 spiro atoms. The molecule has 0 aliphatic carbocycles. The van der Waals surface area contributed by atoms with Crippen molar-refractivity contribution in [3.63, 3.8) is 0 Å². The smallest absolute Gasteiger partial charge is 0.334 e. The zero-order chi connectivity index (χ0) is 24.1. The molecule has 182 valence electrons. The fraction of sp³-hybridized carbons (Fsp3) is 0.296. The van der Waals surface area contributed by atoms with E-state index in [2.05, 4.69) is 16.0 Å².